The van der Waals surface area contributed by atoms with Crippen molar-refractivity contribution in [2.24, 2.45) is 0 Å². The minimum absolute atomic E-state index is 0.170. The summed E-state index contributed by atoms with van der Waals surface area (Å²) in [6.07, 6.45) is 2.80. The van der Waals surface area contributed by atoms with Crippen LogP contribution in [-0.4, -0.2) is 34.0 Å². The predicted molar refractivity (Wildman–Crippen MR) is 84.5 cm³/mol. The Morgan fingerprint density at radius 1 is 1.48 bits per heavy atom. The molecule has 5 nitrogen and oxygen atoms in total. The van der Waals surface area contributed by atoms with E-state index in [1.807, 2.05) is 0 Å². The predicted octanol–water partition coefficient (Wildman–Crippen LogP) is 3.39. The molecule has 0 radical (unpaired) electrons. The van der Waals surface area contributed by atoms with Crippen LogP contribution in [0.15, 0.2) is 36.7 Å². The quantitative estimate of drug-likeness (QED) is 0.839. The summed E-state index contributed by atoms with van der Waals surface area (Å²) < 4.78 is 26.3. The van der Waals surface area contributed by atoms with Gasteiger partial charge >= 0.3 is 6.55 Å². The molecule has 0 aliphatic carbocycles. The van der Waals surface area contributed by atoms with E-state index >= 15 is 0 Å². The molecular formula is C15H17ClF2N4O. The number of nitrogens with zero attached hydrogens (tertiary/aromatic N) is 3. The van der Waals surface area contributed by atoms with Gasteiger partial charge in [-0.3, -0.25) is 14.3 Å². The van der Waals surface area contributed by atoms with E-state index in [9.17, 15) is 13.6 Å². The first-order chi connectivity index (χ1) is 11.0. The molecule has 1 aromatic carbocycles. The molecule has 1 aromatic heterocycles. The minimum Gasteiger partial charge on any atom is -0.326 e. The lowest BCUT2D eigenvalue weighted by molar-refractivity contribution is -0.116. The van der Waals surface area contributed by atoms with Gasteiger partial charge in [0.15, 0.2) is 0 Å². The van der Waals surface area contributed by atoms with Gasteiger partial charge in [-0.1, -0.05) is 17.7 Å². The third-order valence-electron chi connectivity index (χ3n) is 3.20. The number of alkyl halides is 2. The van der Waals surface area contributed by atoms with Crippen molar-refractivity contribution in [2.45, 2.75) is 19.5 Å². The number of halogens is 3. The smallest absolute Gasteiger partial charge is 0.319 e. The summed E-state index contributed by atoms with van der Waals surface area (Å²) in [5.74, 6) is 0.0917. The van der Waals surface area contributed by atoms with Crippen molar-refractivity contribution < 1.29 is 13.6 Å². The van der Waals surface area contributed by atoms with Gasteiger partial charge in [0.2, 0.25) is 5.91 Å². The van der Waals surface area contributed by atoms with Crippen LogP contribution < -0.4 is 5.32 Å². The number of carbonyl (C=O) groups excluding carboxylic acids is 1. The summed E-state index contributed by atoms with van der Waals surface area (Å²) in [4.78, 5) is 17.6. The first kappa shape index (κ1) is 17.4. The highest BCUT2D eigenvalue weighted by Crippen LogP contribution is 2.15. The Kier molecular flexibility index (Phi) is 6.06. The zero-order valence-corrected chi connectivity index (χ0v) is 13.3. The van der Waals surface area contributed by atoms with Crippen molar-refractivity contribution in [1.29, 1.82) is 0 Å². The zero-order valence-electron chi connectivity index (χ0n) is 12.5. The fraction of sp³-hybridized carbons (Fsp3) is 0.333. The molecule has 0 aliphatic rings. The van der Waals surface area contributed by atoms with E-state index in [0.29, 0.717) is 17.3 Å². The lowest BCUT2D eigenvalue weighted by atomic mass is 10.3. The van der Waals surface area contributed by atoms with E-state index < -0.39 is 6.55 Å². The Morgan fingerprint density at radius 2 is 2.26 bits per heavy atom. The van der Waals surface area contributed by atoms with E-state index in [0.717, 1.165) is 4.57 Å². The van der Waals surface area contributed by atoms with Crippen molar-refractivity contribution in [3.05, 3.63) is 47.5 Å². The molecule has 8 heteroatoms. The molecule has 1 heterocycles. The van der Waals surface area contributed by atoms with Gasteiger partial charge in [-0.25, -0.2) is 4.98 Å². The summed E-state index contributed by atoms with van der Waals surface area (Å²) >= 11 is 5.85. The van der Waals surface area contributed by atoms with Gasteiger partial charge in [0, 0.05) is 36.1 Å². The van der Waals surface area contributed by atoms with E-state index in [2.05, 4.69) is 10.3 Å². The molecule has 1 N–H and O–H groups in total. The van der Waals surface area contributed by atoms with Gasteiger partial charge in [-0.2, -0.15) is 8.78 Å². The first-order valence-corrected chi connectivity index (χ1v) is 7.37. The molecule has 0 saturated carbocycles. The molecular weight excluding hydrogens is 326 g/mol. The van der Waals surface area contributed by atoms with Gasteiger partial charge in [0.05, 0.1) is 6.54 Å². The van der Waals surface area contributed by atoms with Crippen LogP contribution in [-0.2, 0) is 11.3 Å². The van der Waals surface area contributed by atoms with Crippen molar-refractivity contribution >= 4 is 23.2 Å². The van der Waals surface area contributed by atoms with Crippen molar-refractivity contribution in [3.8, 4) is 0 Å². The van der Waals surface area contributed by atoms with E-state index in [-0.39, 0.29) is 24.7 Å². The minimum atomic E-state index is -2.62. The van der Waals surface area contributed by atoms with Crippen LogP contribution in [0.2, 0.25) is 5.02 Å². The van der Waals surface area contributed by atoms with Gasteiger partial charge in [-0.05, 0) is 25.2 Å². The fourth-order valence-corrected chi connectivity index (χ4v) is 2.24. The normalized spacial score (nSPS) is 11.2. The maximum absolute atomic E-state index is 12.7. The molecule has 23 heavy (non-hydrogen) atoms. The third kappa shape index (κ3) is 5.30. The maximum Gasteiger partial charge on any atom is 0.319 e. The topological polar surface area (TPSA) is 50.2 Å². The first-order valence-electron chi connectivity index (χ1n) is 6.99. The van der Waals surface area contributed by atoms with Gasteiger partial charge in [-0.15, -0.1) is 0 Å². The largest absolute Gasteiger partial charge is 0.326 e. The number of hydrogen-bond acceptors (Lipinski definition) is 3. The number of anilines is 1. The van der Waals surface area contributed by atoms with Gasteiger partial charge in [0.25, 0.3) is 0 Å². The van der Waals surface area contributed by atoms with Crippen molar-refractivity contribution in [1.82, 2.24) is 14.5 Å². The summed E-state index contributed by atoms with van der Waals surface area (Å²) in [6, 6.07) is 6.86. The number of aromatic nitrogens is 2. The fourth-order valence-electron chi connectivity index (χ4n) is 2.05. The number of carbonyl (C=O) groups is 1. The monoisotopic (exact) mass is 342 g/mol. The van der Waals surface area contributed by atoms with Gasteiger partial charge < -0.3 is 5.32 Å². The molecule has 0 fully saturated rings. The zero-order chi connectivity index (χ0) is 16.8. The molecule has 2 rings (SSSR count). The lowest BCUT2D eigenvalue weighted by Crippen LogP contribution is -2.25. The van der Waals surface area contributed by atoms with E-state index in [1.54, 1.807) is 36.2 Å². The Morgan fingerprint density at radius 3 is 2.96 bits per heavy atom. The molecule has 2 aromatic rings. The highest BCUT2D eigenvalue weighted by molar-refractivity contribution is 6.30. The maximum atomic E-state index is 12.7. The van der Waals surface area contributed by atoms with Crippen LogP contribution in [0.1, 0.15) is 18.8 Å². The van der Waals surface area contributed by atoms with Crippen LogP contribution in [0.5, 0.6) is 0 Å². The van der Waals surface area contributed by atoms with Crippen LogP contribution >= 0.6 is 11.6 Å². The van der Waals surface area contributed by atoms with Crippen LogP contribution in [0.4, 0.5) is 14.5 Å². The SMILES string of the molecule is CN(CCC(=O)Nc1cccc(Cl)c1)Cc1nccn1C(F)F. The molecule has 1 amide bonds. The summed E-state index contributed by atoms with van der Waals surface area (Å²) in [7, 11) is 1.75. The average Bonchev–Trinajstić information content (AvgIpc) is 2.93. The molecule has 124 valence electrons. The molecule has 0 unspecified atom stereocenters. The van der Waals surface area contributed by atoms with E-state index in [4.69, 9.17) is 11.6 Å². The van der Waals surface area contributed by atoms with Crippen molar-refractivity contribution in [3.63, 3.8) is 0 Å². The van der Waals surface area contributed by atoms with Crippen LogP contribution in [0, 0.1) is 0 Å². The Hall–Kier alpha value is -1.99. The number of amides is 1. The number of rotatable bonds is 7. The second kappa shape index (κ2) is 8.03. The second-order valence-electron chi connectivity index (χ2n) is 5.07. The number of hydrogen-bond donors (Lipinski definition) is 1. The van der Waals surface area contributed by atoms with Crippen LogP contribution in [0.25, 0.3) is 0 Å². The number of benzene rings is 1. The second-order valence-corrected chi connectivity index (χ2v) is 5.51. The molecule has 0 atom stereocenters. The summed E-state index contributed by atoms with van der Waals surface area (Å²) in [6.45, 7) is -1.96. The molecule has 0 saturated heterocycles. The standard InChI is InChI=1S/C15H17ClF2N4O/c1-21(10-13-19-6-8-22(13)15(17)18)7-5-14(23)20-12-4-2-3-11(16)9-12/h2-4,6,8-9,15H,5,7,10H2,1H3,(H,20,23). The van der Waals surface area contributed by atoms with Crippen molar-refractivity contribution in [2.75, 3.05) is 18.9 Å². The highest BCUT2D eigenvalue weighted by Gasteiger charge is 2.13. The van der Waals surface area contributed by atoms with Crippen LogP contribution in [0.3, 0.4) is 0 Å². The Labute approximate surface area is 137 Å². The third-order valence-corrected chi connectivity index (χ3v) is 3.43. The number of imidazole rings is 1. The highest BCUT2D eigenvalue weighted by atomic mass is 35.5. The Balaban J connectivity index is 1.80. The Bertz CT molecular complexity index is 662. The van der Waals surface area contributed by atoms with E-state index in [1.165, 1.54) is 12.4 Å². The molecule has 0 bridgehead atoms. The number of nitrogens with one attached hydrogen (secondary N) is 1. The molecule has 0 aliphatic heterocycles. The average molecular weight is 343 g/mol. The summed E-state index contributed by atoms with van der Waals surface area (Å²) in [5, 5.41) is 3.28. The molecule has 0 spiro atoms. The lowest BCUT2D eigenvalue weighted by Gasteiger charge is -2.17. The van der Waals surface area contributed by atoms with Gasteiger partial charge in [0.1, 0.15) is 5.82 Å². The summed E-state index contributed by atoms with van der Waals surface area (Å²) in [5.41, 5.74) is 0.624.